The summed E-state index contributed by atoms with van der Waals surface area (Å²) in [6, 6.07) is 25.1. The Kier molecular flexibility index (Phi) is 9.79. The lowest BCUT2D eigenvalue weighted by atomic mass is 10.0. The molecule has 5 aromatic rings. The van der Waals surface area contributed by atoms with Gasteiger partial charge in [-0.25, -0.2) is 9.37 Å². The first-order chi connectivity index (χ1) is 21.5. The van der Waals surface area contributed by atoms with Crippen molar-refractivity contribution in [1.29, 1.82) is 0 Å². The Morgan fingerprint density at radius 2 is 1.56 bits per heavy atom. The van der Waals surface area contributed by atoms with E-state index in [1.807, 2.05) is 50.2 Å². The van der Waals surface area contributed by atoms with Gasteiger partial charge in [0.2, 0.25) is 6.21 Å². The van der Waals surface area contributed by atoms with E-state index >= 15 is 0 Å². The van der Waals surface area contributed by atoms with Crippen molar-refractivity contribution < 1.29 is 32.4 Å². The minimum absolute atomic E-state index is 0.0784. The zero-order chi connectivity index (χ0) is 32.1. The summed E-state index contributed by atoms with van der Waals surface area (Å²) in [5.41, 5.74) is 4.49. The van der Waals surface area contributed by atoms with Crippen LogP contribution in [0.1, 0.15) is 32.5 Å². The van der Waals surface area contributed by atoms with Gasteiger partial charge in [0.05, 0.1) is 11.3 Å². The molecular formula is C34H28F4N2O3S2. The van der Waals surface area contributed by atoms with Crippen LogP contribution in [0.4, 0.5) is 17.6 Å². The number of aryl methyl sites for hydroxylation is 2. The zero-order valence-electron chi connectivity index (χ0n) is 24.2. The van der Waals surface area contributed by atoms with Crippen LogP contribution in [-0.2, 0) is 12.6 Å². The number of nitrogens with zero attached hydrogens (tertiary/aromatic N) is 2. The third-order valence-corrected chi connectivity index (χ3v) is 9.71. The number of hydrogen-bond donors (Lipinski definition) is 1. The summed E-state index contributed by atoms with van der Waals surface area (Å²) >= 11 is 3.10. The first-order valence-electron chi connectivity index (χ1n) is 13.8. The molecule has 0 spiro atoms. The van der Waals surface area contributed by atoms with Crippen LogP contribution in [0.2, 0.25) is 0 Å². The summed E-state index contributed by atoms with van der Waals surface area (Å²) in [4.78, 5) is 6.41. The van der Waals surface area contributed by atoms with Crippen molar-refractivity contribution in [1.82, 2.24) is 4.98 Å². The maximum Gasteiger partial charge on any atom is 0.416 e. The van der Waals surface area contributed by atoms with E-state index < -0.39 is 11.7 Å². The number of alkyl halides is 3. The highest BCUT2D eigenvalue weighted by atomic mass is 32.2. The van der Waals surface area contributed by atoms with Crippen LogP contribution in [-0.4, -0.2) is 27.9 Å². The van der Waals surface area contributed by atoms with Crippen molar-refractivity contribution in [2.75, 3.05) is 6.61 Å². The molecule has 0 saturated carbocycles. The van der Waals surface area contributed by atoms with Gasteiger partial charge in [0.1, 0.15) is 16.6 Å². The molecule has 0 saturated heterocycles. The Hall–Kier alpha value is -4.35. The molecular weight excluding hydrogens is 625 g/mol. The van der Waals surface area contributed by atoms with Gasteiger partial charge in [-0.05, 0) is 85.0 Å². The fraction of sp³-hybridized carbons (Fsp3) is 0.176. The van der Waals surface area contributed by atoms with Crippen LogP contribution in [0.25, 0.3) is 21.7 Å². The molecule has 0 amide bonds. The maximum atomic E-state index is 13.4. The summed E-state index contributed by atoms with van der Waals surface area (Å²) in [6.07, 6.45) is -2.81. The molecule has 5 nitrogen and oxygen atoms in total. The minimum atomic E-state index is -4.41. The predicted molar refractivity (Wildman–Crippen MR) is 170 cm³/mol. The monoisotopic (exact) mass is 652 g/mol. The molecule has 1 unspecified atom stereocenters. The van der Waals surface area contributed by atoms with Gasteiger partial charge >= 0.3 is 6.18 Å². The Balaban J connectivity index is 1.43. The molecule has 232 valence electrons. The number of aromatic nitrogens is 1. The van der Waals surface area contributed by atoms with Crippen molar-refractivity contribution in [3.63, 3.8) is 0 Å². The van der Waals surface area contributed by atoms with E-state index in [1.165, 1.54) is 35.6 Å². The lowest BCUT2D eigenvalue weighted by Gasteiger charge is -2.18. The van der Waals surface area contributed by atoms with E-state index in [2.05, 4.69) is 0 Å². The number of thioether (sulfide) groups is 1. The molecule has 1 heterocycles. The van der Waals surface area contributed by atoms with Crippen LogP contribution in [0.5, 0.6) is 5.75 Å². The average molecular weight is 653 g/mol. The zero-order valence-corrected chi connectivity index (χ0v) is 25.8. The van der Waals surface area contributed by atoms with Crippen molar-refractivity contribution in [3.05, 3.63) is 129 Å². The van der Waals surface area contributed by atoms with Gasteiger partial charge in [0.25, 0.3) is 0 Å². The number of benzene rings is 4. The summed E-state index contributed by atoms with van der Waals surface area (Å²) in [7, 11) is 0. The van der Waals surface area contributed by atoms with Crippen molar-refractivity contribution in [2.24, 2.45) is 0 Å². The van der Waals surface area contributed by atoms with Gasteiger partial charge < -0.3 is 9.94 Å². The van der Waals surface area contributed by atoms with Gasteiger partial charge in [-0.2, -0.15) is 13.2 Å². The number of ether oxygens (including phenoxy) is 1. The van der Waals surface area contributed by atoms with Gasteiger partial charge in [0.15, 0.2) is 6.61 Å². The number of rotatable bonds is 10. The Bertz CT molecular complexity index is 1780. The Morgan fingerprint density at radius 1 is 0.933 bits per heavy atom. The molecule has 0 aliphatic heterocycles. The molecule has 0 bridgehead atoms. The molecule has 4 aromatic carbocycles. The van der Waals surface area contributed by atoms with Gasteiger partial charge in [-0.15, -0.1) is 23.1 Å². The van der Waals surface area contributed by atoms with E-state index in [1.54, 1.807) is 30.0 Å². The van der Waals surface area contributed by atoms with E-state index in [0.29, 0.717) is 22.7 Å². The lowest BCUT2D eigenvalue weighted by Crippen LogP contribution is -2.07. The van der Waals surface area contributed by atoms with Crippen molar-refractivity contribution >= 4 is 29.3 Å². The maximum absolute atomic E-state index is 13.4. The second-order valence-electron chi connectivity index (χ2n) is 10.3. The Morgan fingerprint density at radius 3 is 2.16 bits per heavy atom. The first-order valence-corrected chi connectivity index (χ1v) is 15.5. The molecule has 0 aliphatic carbocycles. The summed E-state index contributed by atoms with van der Waals surface area (Å²) < 4.78 is 58.4. The third-order valence-electron chi connectivity index (χ3n) is 7.03. The summed E-state index contributed by atoms with van der Waals surface area (Å²) in [5.74, 6) is 0.280. The average Bonchev–Trinajstić information content (AvgIpc) is 3.39. The first kappa shape index (κ1) is 32.1. The highest BCUT2D eigenvalue weighted by Gasteiger charge is 2.30. The minimum Gasteiger partial charge on any atom is -0.483 e. The number of hydrogen-bond acceptors (Lipinski definition) is 6. The summed E-state index contributed by atoms with van der Waals surface area (Å²) in [6.45, 7) is 3.71. The van der Waals surface area contributed by atoms with Crippen LogP contribution < -0.4 is 4.74 Å². The fourth-order valence-corrected chi connectivity index (χ4v) is 7.34. The molecule has 0 radical (unpaired) electrons. The fourth-order valence-electron chi connectivity index (χ4n) is 4.72. The third kappa shape index (κ3) is 8.23. The molecule has 0 fully saturated rings. The SMILES string of the molecule is Cc1cc(SC(Cc2ccc(-c3ccc(F)cc3)cc2)c2sc(-c3ccc(C(F)(F)F)cc3)nc2C)ccc1OC/C=[N+](\[O-])O. The second-order valence-corrected chi connectivity index (χ2v) is 12.6. The van der Waals surface area contributed by atoms with E-state index in [4.69, 9.17) is 14.9 Å². The summed E-state index contributed by atoms with van der Waals surface area (Å²) in [5, 5.41) is 20.1. The van der Waals surface area contributed by atoms with Crippen LogP contribution >= 0.6 is 23.1 Å². The van der Waals surface area contributed by atoms with Gasteiger partial charge in [-0.1, -0.05) is 48.5 Å². The molecule has 5 rings (SSSR count). The Labute approximate surface area is 266 Å². The molecule has 45 heavy (non-hydrogen) atoms. The van der Waals surface area contributed by atoms with E-state index in [9.17, 15) is 22.8 Å². The number of halogens is 4. The lowest BCUT2D eigenvalue weighted by molar-refractivity contribution is -0.723. The molecule has 0 aliphatic rings. The van der Waals surface area contributed by atoms with Crippen LogP contribution in [0.3, 0.4) is 0 Å². The highest BCUT2D eigenvalue weighted by molar-refractivity contribution is 7.99. The predicted octanol–water partition coefficient (Wildman–Crippen LogP) is 9.68. The standard InChI is InChI=1S/C34H28F4N2O3S2/c1-21-19-29(15-16-30(21)43-18-17-40(41)42)44-31(20-23-3-5-24(6-4-23)25-9-13-28(35)14-10-25)32-22(2)39-33(45-32)26-7-11-27(12-8-26)34(36,37)38/h3-17,19,31H,18,20H2,1-2H3,(H,41,42). The molecule has 1 N–H and O–H groups in total. The van der Waals surface area contributed by atoms with Crippen molar-refractivity contribution in [3.8, 4) is 27.4 Å². The normalized spacial score (nSPS) is 12.7. The molecule has 11 heteroatoms. The van der Waals surface area contributed by atoms with Crippen LogP contribution in [0, 0.1) is 24.9 Å². The van der Waals surface area contributed by atoms with E-state index in [0.717, 1.165) is 56.1 Å². The smallest absolute Gasteiger partial charge is 0.416 e. The topological polar surface area (TPSA) is 68.4 Å². The quantitative estimate of drug-likeness (QED) is 0.0406. The van der Waals surface area contributed by atoms with Crippen LogP contribution in [0.15, 0.2) is 95.9 Å². The number of thiazole rings is 1. The second kappa shape index (κ2) is 13.7. The van der Waals surface area contributed by atoms with Crippen molar-refractivity contribution in [2.45, 2.75) is 36.6 Å². The molecule has 1 aromatic heterocycles. The largest absolute Gasteiger partial charge is 0.483 e. The highest BCUT2D eigenvalue weighted by Crippen LogP contribution is 2.44. The van der Waals surface area contributed by atoms with Gasteiger partial charge in [0, 0.05) is 25.5 Å². The van der Waals surface area contributed by atoms with E-state index in [-0.39, 0.29) is 22.6 Å². The molecule has 1 atom stereocenters. The van der Waals surface area contributed by atoms with Gasteiger partial charge in [-0.3, -0.25) is 5.21 Å².